The van der Waals surface area contributed by atoms with Crippen molar-refractivity contribution in [1.82, 2.24) is 4.90 Å². The maximum absolute atomic E-state index is 12.0. The number of piperidine rings is 1. The summed E-state index contributed by atoms with van der Waals surface area (Å²) in [6, 6.07) is 0.501. The first-order chi connectivity index (χ1) is 7.09. The monoisotopic (exact) mass is 203 g/mol. The Morgan fingerprint density at radius 1 is 1.53 bits per heavy atom. The van der Waals surface area contributed by atoms with Crippen molar-refractivity contribution >= 4 is 5.91 Å². The minimum atomic E-state index is 0.122. The molecule has 0 aromatic carbocycles. The predicted molar refractivity (Wildman–Crippen MR) is 61.4 cm³/mol. The number of rotatable bonds is 2. The van der Waals surface area contributed by atoms with Crippen molar-refractivity contribution in [3.8, 4) is 0 Å². The maximum atomic E-state index is 12.0. The summed E-state index contributed by atoms with van der Waals surface area (Å²) in [4.78, 5) is 13.9. The molecule has 1 amide bonds. The van der Waals surface area contributed by atoms with Gasteiger partial charge in [0.2, 0.25) is 0 Å². The molecule has 2 rings (SSSR count). The predicted octanol–water partition coefficient (Wildman–Crippen LogP) is 2.44. The Hall–Kier alpha value is -1.31. The van der Waals surface area contributed by atoms with Crippen molar-refractivity contribution < 1.29 is 4.79 Å². The van der Waals surface area contributed by atoms with Crippen LogP contribution < -0.4 is 0 Å². The molecular formula is C13H17NO. The smallest absolute Gasteiger partial charge is 0.253 e. The first-order valence-corrected chi connectivity index (χ1v) is 5.46. The van der Waals surface area contributed by atoms with Gasteiger partial charge in [-0.25, -0.2) is 0 Å². The van der Waals surface area contributed by atoms with E-state index in [1.165, 1.54) is 12.8 Å². The van der Waals surface area contributed by atoms with E-state index in [0.717, 1.165) is 24.1 Å². The third-order valence-electron chi connectivity index (χ3n) is 2.94. The van der Waals surface area contributed by atoms with Crippen molar-refractivity contribution in [3.63, 3.8) is 0 Å². The van der Waals surface area contributed by atoms with Crippen LogP contribution in [0.4, 0.5) is 0 Å². The van der Waals surface area contributed by atoms with Crippen LogP contribution in [0, 0.1) is 0 Å². The lowest BCUT2D eigenvalue weighted by molar-refractivity contribution is -0.128. The number of likely N-dealkylation sites (tertiary alicyclic amines) is 1. The van der Waals surface area contributed by atoms with Crippen LogP contribution in [-0.4, -0.2) is 23.4 Å². The second-order valence-corrected chi connectivity index (χ2v) is 4.47. The molecular weight excluding hydrogens is 186 g/mol. The van der Waals surface area contributed by atoms with Gasteiger partial charge in [0, 0.05) is 18.2 Å². The van der Waals surface area contributed by atoms with Crippen molar-refractivity contribution in [2.45, 2.75) is 32.2 Å². The minimum absolute atomic E-state index is 0.122. The van der Waals surface area contributed by atoms with Crippen LogP contribution in [0.1, 0.15) is 26.2 Å². The Labute approximate surface area is 91.0 Å². The molecule has 1 aliphatic heterocycles. The van der Waals surface area contributed by atoms with Gasteiger partial charge in [-0.3, -0.25) is 4.79 Å². The second kappa shape index (κ2) is 3.69. The molecule has 2 aliphatic rings. The molecule has 0 spiro atoms. The maximum Gasteiger partial charge on any atom is 0.253 e. The summed E-state index contributed by atoms with van der Waals surface area (Å²) in [6.45, 7) is 10.5. The lowest BCUT2D eigenvalue weighted by Gasteiger charge is -2.29. The summed E-state index contributed by atoms with van der Waals surface area (Å²) in [7, 11) is 0. The SMILES string of the molecule is C=C(C)/C=C1/CCN(C2CC2)C(=O)C1=C. The van der Waals surface area contributed by atoms with Gasteiger partial charge in [0.1, 0.15) is 0 Å². The number of hydrogen-bond acceptors (Lipinski definition) is 1. The third-order valence-corrected chi connectivity index (χ3v) is 2.94. The number of allylic oxidation sites excluding steroid dienone is 2. The third kappa shape index (κ3) is 2.04. The van der Waals surface area contributed by atoms with E-state index < -0.39 is 0 Å². The summed E-state index contributed by atoms with van der Waals surface area (Å²) in [5.41, 5.74) is 2.71. The standard InChI is InChI=1S/C13H17NO/c1-9(2)8-11-6-7-14(12-4-5-12)13(15)10(11)3/h8,12H,1,3-7H2,2H3/b11-8-. The van der Waals surface area contributed by atoms with Crippen molar-refractivity contribution in [2.75, 3.05) is 6.54 Å². The van der Waals surface area contributed by atoms with Crippen LogP contribution in [0.5, 0.6) is 0 Å². The van der Waals surface area contributed by atoms with Crippen molar-refractivity contribution in [1.29, 1.82) is 0 Å². The Balaban J connectivity index is 2.14. The molecule has 0 atom stereocenters. The van der Waals surface area contributed by atoms with E-state index in [0.29, 0.717) is 11.6 Å². The highest BCUT2D eigenvalue weighted by atomic mass is 16.2. The van der Waals surface area contributed by atoms with Crippen LogP contribution in [-0.2, 0) is 4.79 Å². The fourth-order valence-electron chi connectivity index (χ4n) is 2.00. The van der Waals surface area contributed by atoms with Crippen LogP contribution in [0.25, 0.3) is 0 Å². The van der Waals surface area contributed by atoms with E-state index >= 15 is 0 Å². The molecule has 2 nitrogen and oxygen atoms in total. The molecule has 15 heavy (non-hydrogen) atoms. The molecule has 2 heteroatoms. The Morgan fingerprint density at radius 2 is 2.20 bits per heavy atom. The van der Waals surface area contributed by atoms with E-state index in [4.69, 9.17) is 0 Å². The van der Waals surface area contributed by atoms with E-state index in [1.807, 2.05) is 17.9 Å². The van der Waals surface area contributed by atoms with Crippen LogP contribution in [0.2, 0.25) is 0 Å². The number of nitrogens with zero attached hydrogens (tertiary/aromatic N) is 1. The number of carbonyl (C=O) groups is 1. The molecule has 0 radical (unpaired) electrons. The van der Waals surface area contributed by atoms with E-state index in [-0.39, 0.29) is 5.91 Å². The molecule has 0 unspecified atom stereocenters. The summed E-state index contributed by atoms with van der Waals surface area (Å²) in [5, 5.41) is 0. The average molecular weight is 203 g/mol. The van der Waals surface area contributed by atoms with Gasteiger partial charge in [-0.1, -0.05) is 24.8 Å². The first-order valence-electron chi connectivity index (χ1n) is 5.46. The van der Waals surface area contributed by atoms with E-state index in [1.54, 1.807) is 0 Å². The van der Waals surface area contributed by atoms with Gasteiger partial charge >= 0.3 is 0 Å². The second-order valence-electron chi connectivity index (χ2n) is 4.47. The van der Waals surface area contributed by atoms with Gasteiger partial charge in [0.15, 0.2) is 0 Å². The van der Waals surface area contributed by atoms with E-state index in [9.17, 15) is 4.79 Å². The topological polar surface area (TPSA) is 20.3 Å². The number of amides is 1. The largest absolute Gasteiger partial charge is 0.335 e. The van der Waals surface area contributed by atoms with Gasteiger partial charge in [-0.05, 0) is 31.8 Å². The Bertz CT molecular complexity index is 361. The lowest BCUT2D eigenvalue weighted by atomic mass is 9.96. The molecule has 1 aliphatic carbocycles. The fraction of sp³-hybridized carbons (Fsp3) is 0.462. The zero-order chi connectivity index (χ0) is 11.0. The van der Waals surface area contributed by atoms with Crippen molar-refractivity contribution in [3.05, 3.63) is 36.0 Å². The number of hydrogen-bond donors (Lipinski definition) is 0. The average Bonchev–Trinajstić information content (AvgIpc) is 2.96. The molecule has 0 aromatic rings. The molecule has 2 fully saturated rings. The minimum Gasteiger partial charge on any atom is -0.335 e. The lowest BCUT2D eigenvalue weighted by Crippen LogP contribution is -2.39. The Morgan fingerprint density at radius 3 is 2.73 bits per heavy atom. The highest BCUT2D eigenvalue weighted by Gasteiger charge is 2.36. The molecule has 1 saturated carbocycles. The van der Waals surface area contributed by atoms with Gasteiger partial charge in [0.25, 0.3) is 5.91 Å². The summed E-state index contributed by atoms with van der Waals surface area (Å²) < 4.78 is 0. The van der Waals surface area contributed by atoms with E-state index in [2.05, 4.69) is 13.2 Å². The van der Waals surface area contributed by atoms with Gasteiger partial charge in [-0.15, -0.1) is 0 Å². The normalized spacial score (nSPS) is 24.9. The molecule has 0 bridgehead atoms. The summed E-state index contributed by atoms with van der Waals surface area (Å²) in [5.74, 6) is 0.122. The van der Waals surface area contributed by atoms with Crippen LogP contribution in [0.3, 0.4) is 0 Å². The fourth-order valence-corrected chi connectivity index (χ4v) is 2.00. The van der Waals surface area contributed by atoms with Gasteiger partial charge in [-0.2, -0.15) is 0 Å². The zero-order valence-electron chi connectivity index (χ0n) is 9.25. The molecule has 1 saturated heterocycles. The molecule has 0 N–H and O–H groups in total. The first kappa shape index (κ1) is 10.2. The van der Waals surface area contributed by atoms with Crippen LogP contribution in [0.15, 0.2) is 36.0 Å². The van der Waals surface area contributed by atoms with Crippen molar-refractivity contribution in [2.24, 2.45) is 0 Å². The number of carbonyl (C=O) groups excluding carboxylic acids is 1. The molecule has 1 heterocycles. The van der Waals surface area contributed by atoms with Crippen LogP contribution >= 0.6 is 0 Å². The highest BCUT2D eigenvalue weighted by molar-refractivity contribution is 5.98. The Kier molecular flexibility index (Phi) is 2.51. The van der Waals surface area contributed by atoms with Gasteiger partial charge < -0.3 is 4.90 Å². The quantitative estimate of drug-likeness (QED) is 0.631. The summed E-state index contributed by atoms with van der Waals surface area (Å²) >= 11 is 0. The van der Waals surface area contributed by atoms with Gasteiger partial charge in [0.05, 0.1) is 0 Å². The molecule has 0 aromatic heterocycles. The summed E-state index contributed by atoms with van der Waals surface area (Å²) in [6.07, 6.45) is 5.23. The molecule has 80 valence electrons. The zero-order valence-corrected chi connectivity index (χ0v) is 9.25. The highest BCUT2D eigenvalue weighted by Crippen LogP contribution is 2.33.